The molecule has 0 spiro atoms. The minimum absolute atomic E-state index is 0.178. The van der Waals surface area contributed by atoms with E-state index < -0.39 is 29.0 Å². The zero-order chi connectivity index (χ0) is 33.0. The van der Waals surface area contributed by atoms with Gasteiger partial charge >= 0.3 is 5.97 Å². The van der Waals surface area contributed by atoms with E-state index >= 15 is 0 Å². The Morgan fingerprint density at radius 2 is 1.53 bits per heavy atom. The number of carbonyl (C=O) groups excluding carboxylic acids is 2. The Morgan fingerprint density at radius 3 is 2.13 bits per heavy atom. The van der Waals surface area contributed by atoms with Gasteiger partial charge in [-0.25, -0.2) is 4.39 Å². The van der Waals surface area contributed by atoms with Gasteiger partial charge in [0.15, 0.2) is 0 Å². The second-order valence-electron chi connectivity index (χ2n) is 11.8. The molecule has 3 aromatic carbocycles. The first kappa shape index (κ1) is 31.7. The topological polar surface area (TPSA) is 133 Å². The predicted molar refractivity (Wildman–Crippen MR) is 176 cm³/mol. The van der Waals surface area contributed by atoms with Gasteiger partial charge in [0.1, 0.15) is 28.5 Å². The number of aliphatic carboxylic acids is 1. The van der Waals surface area contributed by atoms with Gasteiger partial charge < -0.3 is 30.1 Å². The number of methoxy groups -OCH3 is 1. The molecule has 244 valence electrons. The Labute approximate surface area is 271 Å². The molecule has 1 saturated carbocycles. The van der Waals surface area contributed by atoms with E-state index in [4.69, 9.17) is 14.6 Å². The smallest absolute Gasteiger partial charge is 0.303 e. The molecule has 1 aromatic heterocycles. The van der Waals surface area contributed by atoms with Crippen molar-refractivity contribution in [3.63, 3.8) is 0 Å². The van der Waals surface area contributed by atoms with Crippen LogP contribution in [0.25, 0.3) is 10.9 Å². The number of nitrogens with one attached hydrogen (secondary N) is 2. The molecule has 2 amide bonds. The van der Waals surface area contributed by atoms with Crippen molar-refractivity contribution in [1.82, 2.24) is 9.88 Å². The first-order chi connectivity index (χ1) is 22.7. The number of aromatic nitrogens is 1. The van der Waals surface area contributed by atoms with Crippen molar-refractivity contribution in [3.05, 3.63) is 78.7 Å². The van der Waals surface area contributed by atoms with E-state index in [1.807, 2.05) is 12.1 Å². The fourth-order valence-corrected chi connectivity index (χ4v) is 5.75. The number of hydrogen-bond acceptors (Lipinski definition) is 8. The zero-order valence-electron chi connectivity index (χ0n) is 26.0. The SMILES string of the molecule is COc1cc2c(Oc3ccc(NC(=O)C4(C(=O)Nc5ccc(F)cc5)CC4)cc3)ccnc2cc1N1CCN(CCCC(=O)O)CC1. The lowest BCUT2D eigenvalue weighted by Crippen LogP contribution is -2.46. The summed E-state index contributed by atoms with van der Waals surface area (Å²) in [5.74, 6) is -0.147. The van der Waals surface area contributed by atoms with Gasteiger partial charge in [-0.1, -0.05) is 0 Å². The van der Waals surface area contributed by atoms with Gasteiger partial charge in [0.05, 0.1) is 18.3 Å². The van der Waals surface area contributed by atoms with Gasteiger partial charge in [-0.3, -0.25) is 24.3 Å². The lowest BCUT2D eigenvalue weighted by molar-refractivity contribution is -0.137. The third-order valence-corrected chi connectivity index (χ3v) is 8.64. The summed E-state index contributed by atoms with van der Waals surface area (Å²) in [5, 5.41) is 15.2. The molecular formula is C35H36FN5O6. The number of benzene rings is 3. The third-order valence-electron chi connectivity index (χ3n) is 8.64. The molecule has 1 aliphatic carbocycles. The van der Waals surface area contributed by atoms with Crippen molar-refractivity contribution in [2.75, 3.05) is 55.4 Å². The van der Waals surface area contributed by atoms with Crippen LogP contribution in [-0.2, 0) is 14.4 Å². The molecule has 0 radical (unpaired) electrons. The summed E-state index contributed by atoms with van der Waals surface area (Å²) in [7, 11) is 1.63. The van der Waals surface area contributed by atoms with E-state index in [0.29, 0.717) is 47.9 Å². The number of ether oxygens (including phenoxy) is 2. The van der Waals surface area contributed by atoms with E-state index in [-0.39, 0.29) is 6.42 Å². The summed E-state index contributed by atoms with van der Waals surface area (Å²) < 4.78 is 25.2. The number of anilines is 3. The monoisotopic (exact) mass is 641 g/mol. The maximum Gasteiger partial charge on any atom is 0.303 e. The van der Waals surface area contributed by atoms with Crippen LogP contribution in [0.15, 0.2) is 72.9 Å². The summed E-state index contributed by atoms with van der Waals surface area (Å²) in [4.78, 5) is 45.9. The van der Waals surface area contributed by atoms with Gasteiger partial charge in [-0.15, -0.1) is 0 Å². The molecule has 6 rings (SSSR count). The predicted octanol–water partition coefficient (Wildman–Crippen LogP) is 5.52. The van der Waals surface area contributed by atoms with Crippen molar-refractivity contribution in [2.24, 2.45) is 5.41 Å². The summed E-state index contributed by atoms with van der Waals surface area (Å²) in [6.07, 6.45) is 3.36. The largest absolute Gasteiger partial charge is 0.495 e. The Bertz CT molecular complexity index is 1770. The molecule has 12 heteroatoms. The maximum atomic E-state index is 13.2. The van der Waals surface area contributed by atoms with E-state index in [2.05, 4.69) is 25.4 Å². The van der Waals surface area contributed by atoms with Gasteiger partial charge in [-0.2, -0.15) is 0 Å². The number of piperazine rings is 1. The van der Waals surface area contributed by atoms with Crippen LogP contribution in [0.1, 0.15) is 25.7 Å². The maximum absolute atomic E-state index is 13.2. The molecule has 0 unspecified atom stereocenters. The summed E-state index contributed by atoms with van der Waals surface area (Å²) in [6, 6.07) is 18.0. The highest BCUT2D eigenvalue weighted by molar-refractivity contribution is 6.16. The van der Waals surface area contributed by atoms with Crippen molar-refractivity contribution < 1.29 is 33.4 Å². The molecule has 1 saturated heterocycles. The average Bonchev–Trinajstić information content (AvgIpc) is 3.89. The minimum atomic E-state index is -1.16. The van der Waals surface area contributed by atoms with Gasteiger partial charge in [-0.05, 0) is 92.5 Å². The van der Waals surface area contributed by atoms with E-state index in [1.54, 1.807) is 43.6 Å². The number of halogens is 1. The first-order valence-electron chi connectivity index (χ1n) is 15.6. The number of pyridine rings is 1. The average molecular weight is 642 g/mol. The number of carbonyl (C=O) groups is 3. The number of rotatable bonds is 12. The molecule has 3 N–H and O–H groups in total. The standard InChI is InChI=1S/C35H36FN5O6/c1-46-31-21-27-28(22-29(31)41-19-17-40(18-20-41)16-2-3-32(42)43)37-15-12-30(27)47-26-10-8-25(9-11-26)39-34(45)35(13-14-35)33(44)38-24-6-4-23(36)5-7-24/h4-12,15,21-22H,2-3,13-14,16-20H2,1H3,(H,38,44)(H,39,45)(H,42,43). The molecule has 0 atom stereocenters. The second kappa shape index (κ2) is 13.6. The first-order valence-corrected chi connectivity index (χ1v) is 15.6. The van der Waals surface area contributed by atoms with Crippen LogP contribution in [0.4, 0.5) is 21.5 Å². The van der Waals surface area contributed by atoms with Gasteiger partial charge in [0.25, 0.3) is 0 Å². The molecule has 47 heavy (non-hydrogen) atoms. The highest BCUT2D eigenvalue weighted by atomic mass is 19.1. The van der Waals surface area contributed by atoms with Crippen LogP contribution in [0, 0.1) is 11.2 Å². The Morgan fingerprint density at radius 1 is 0.894 bits per heavy atom. The van der Waals surface area contributed by atoms with Crippen LogP contribution in [0.3, 0.4) is 0 Å². The molecular weight excluding hydrogens is 605 g/mol. The quantitative estimate of drug-likeness (QED) is 0.171. The minimum Gasteiger partial charge on any atom is -0.495 e. The molecule has 2 heterocycles. The van der Waals surface area contributed by atoms with Crippen LogP contribution in [-0.4, -0.2) is 72.6 Å². The molecule has 0 bridgehead atoms. The van der Waals surface area contributed by atoms with Crippen molar-refractivity contribution in [3.8, 4) is 17.2 Å². The summed E-state index contributed by atoms with van der Waals surface area (Å²) >= 11 is 0. The highest BCUT2D eigenvalue weighted by Gasteiger charge is 2.56. The summed E-state index contributed by atoms with van der Waals surface area (Å²) in [5.41, 5.74) is 1.48. The van der Waals surface area contributed by atoms with E-state index in [9.17, 15) is 18.8 Å². The lowest BCUT2D eigenvalue weighted by atomic mass is 10.0. The third kappa shape index (κ3) is 7.28. The fraction of sp³-hybridized carbons (Fsp3) is 0.314. The van der Waals surface area contributed by atoms with Crippen LogP contribution >= 0.6 is 0 Å². The summed E-state index contributed by atoms with van der Waals surface area (Å²) in [6.45, 7) is 4.00. The highest BCUT2D eigenvalue weighted by Crippen LogP contribution is 2.47. The van der Waals surface area contributed by atoms with E-state index in [0.717, 1.165) is 49.3 Å². The zero-order valence-corrected chi connectivity index (χ0v) is 26.0. The Kier molecular flexibility index (Phi) is 9.21. The van der Waals surface area contributed by atoms with Crippen LogP contribution in [0.5, 0.6) is 17.2 Å². The Balaban J connectivity index is 1.09. The molecule has 4 aromatic rings. The number of fused-ring (bicyclic) bond motifs is 1. The lowest BCUT2D eigenvalue weighted by Gasteiger charge is -2.36. The molecule has 2 aliphatic rings. The number of nitrogens with zero attached hydrogens (tertiary/aromatic N) is 3. The second-order valence-corrected chi connectivity index (χ2v) is 11.8. The molecule has 2 fully saturated rings. The Hall–Kier alpha value is -5.23. The van der Waals surface area contributed by atoms with Crippen LogP contribution in [0.2, 0.25) is 0 Å². The number of carboxylic acids is 1. The van der Waals surface area contributed by atoms with E-state index in [1.165, 1.54) is 24.3 Å². The number of carboxylic acid groups (broad SMARTS) is 1. The normalized spacial score (nSPS) is 15.6. The van der Waals surface area contributed by atoms with Crippen molar-refractivity contribution in [1.29, 1.82) is 0 Å². The van der Waals surface area contributed by atoms with Gasteiger partial charge in [0.2, 0.25) is 11.8 Å². The number of hydrogen-bond donors (Lipinski definition) is 3. The van der Waals surface area contributed by atoms with Gasteiger partial charge in [0, 0.05) is 55.6 Å². The molecule has 11 nitrogen and oxygen atoms in total. The van der Waals surface area contributed by atoms with Crippen molar-refractivity contribution >= 4 is 45.7 Å². The fourth-order valence-electron chi connectivity index (χ4n) is 5.75. The number of amides is 2. The van der Waals surface area contributed by atoms with Crippen LogP contribution < -0.4 is 25.0 Å². The molecule has 1 aliphatic heterocycles. The van der Waals surface area contributed by atoms with Crippen molar-refractivity contribution in [2.45, 2.75) is 25.7 Å².